The predicted molar refractivity (Wildman–Crippen MR) is 73.0 cm³/mol. The van der Waals surface area contributed by atoms with Crippen molar-refractivity contribution in [1.29, 1.82) is 0 Å². The molecular weight excluding hydrogens is 285 g/mol. The number of amides is 1. The lowest BCUT2D eigenvalue weighted by Crippen LogP contribution is -2.34. The summed E-state index contributed by atoms with van der Waals surface area (Å²) in [5.41, 5.74) is 5.16. The fourth-order valence-electron chi connectivity index (χ4n) is 1.85. The minimum atomic E-state index is -4.56. The maximum Gasteiger partial charge on any atom is 0.419 e. The molecule has 0 aliphatic carbocycles. The van der Waals surface area contributed by atoms with E-state index in [1.165, 1.54) is 26.1 Å². The SMILES string of the molecule is CNC(=O)C(C)Oc1ccc(CC(C)N)cc1C(F)(F)F. The number of ether oxygens (including phenoxy) is 1. The first kappa shape index (κ1) is 17.3. The van der Waals surface area contributed by atoms with E-state index in [0.29, 0.717) is 12.0 Å². The number of carbonyl (C=O) groups is 1. The Hall–Kier alpha value is -1.76. The Morgan fingerprint density at radius 2 is 2.00 bits per heavy atom. The second-order valence-electron chi connectivity index (χ2n) is 4.88. The summed E-state index contributed by atoms with van der Waals surface area (Å²) in [7, 11) is 1.39. The molecule has 0 bridgehead atoms. The van der Waals surface area contributed by atoms with Gasteiger partial charge in [-0.25, -0.2) is 0 Å². The van der Waals surface area contributed by atoms with Gasteiger partial charge < -0.3 is 15.8 Å². The number of hydrogen-bond acceptors (Lipinski definition) is 3. The van der Waals surface area contributed by atoms with Gasteiger partial charge in [0.25, 0.3) is 5.91 Å². The zero-order chi connectivity index (χ0) is 16.2. The van der Waals surface area contributed by atoms with Crippen LogP contribution in [0.25, 0.3) is 0 Å². The van der Waals surface area contributed by atoms with Gasteiger partial charge in [-0.3, -0.25) is 4.79 Å². The highest BCUT2D eigenvalue weighted by atomic mass is 19.4. The highest BCUT2D eigenvalue weighted by Gasteiger charge is 2.35. The number of hydrogen-bond donors (Lipinski definition) is 2. The molecule has 0 heterocycles. The third kappa shape index (κ3) is 4.93. The van der Waals surface area contributed by atoms with E-state index in [0.717, 1.165) is 6.07 Å². The molecule has 2 unspecified atom stereocenters. The molecule has 0 aliphatic rings. The molecule has 1 amide bonds. The normalized spacial score (nSPS) is 14.4. The zero-order valence-electron chi connectivity index (χ0n) is 12.1. The monoisotopic (exact) mass is 304 g/mol. The molecule has 0 saturated heterocycles. The van der Waals surface area contributed by atoms with Crippen LogP contribution in [-0.4, -0.2) is 25.1 Å². The maximum absolute atomic E-state index is 13.1. The summed E-state index contributed by atoms with van der Waals surface area (Å²) in [6.45, 7) is 3.10. The molecule has 4 nitrogen and oxygen atoms in total. The average Bonchev–Trinajstić information content (AvgIpc) is 2.37. The maximum atomic E-state index is 13.1. The minimum absolute atomic E-state index is 0.248. The number of benzene rings is 1. The quantitative estimate of drug-likeness (QED) is 0.875. The Morgan fingerprint density at radius 3 is 2.48 bits per heavy atom. The van der Waals surface area contributed by atoms with Gasteiger partial charge in [-0.2, -0.15) is 13.2 Å². The summed E-state index contributed by atoms with van der Waals surface area (Å²) in [6, 6.07) is 3.50. The smallest absolute Gasteiger partial charge is 0.419 e. The molecule has 0 aromatic heterocycles. The number of rotatable bonds is 5. The summed E-state index contributed by atoms with van der Waals surface area (Å²) < 4.78 is 44.4. The Kier molecular flexibility index (Phi) is 5.60. The molecule has 7 heteroatoms. The topological polar surface area (TPSA) is 64.3 Å². The second kappa shape index (κ2) is 6.80. The predicted octanol–water partition coefficient (Wildman–Crippen LogP) is 2.11. The largest absolute Gasteiger partial charge is 0.480 e. The van der Waals surface area contributed by atoms with Crippen LogP contribution in [0, 0.1) is 0 Å². The van der Waals surface area contributed by atoms with Crippen molar-refractivity contribution in [3.63, 3.8) is 0 Å². The molecule has 1 aromatic rings. The van der Waals surface area contributed by atoms with Gasteiger partial charge in [0.2, 0.25) is 0 Å². The first-order chi connectivity index (χ1) is 9.65. The van der Waals surface area contributed by atoms with Crippen LogP contribution in [0.1, 0.15) is 25.0 Å². The lowest BCUT2D eigenvalue weighted by Gasteiger charge is -2.19. The highest BCUT2D eigenvalue weighted by Crippen LogP contribution is 2.37. The van der Waals surface area contributed by atoms with Crippen LogP contribution in [0.5, 0.6) is 5.75 Å². The first-order valence-electron chi connectivity index (χ1n) is 6.49. The fourth-order valence-corrected chi connectivity index (χ4v) is 1.85. The van der Waals surface area contributed by atoms with E-state index in [1.54, 1.807) is 6.92 Å². The number of halogens is 3. The Labute approximate surface area is 121 Å². The van der Waals surface area contributed by atoms with Crippen molar-refractivity contribution in [3.05, 3.63) is 29.3 Å². The lowest BCUT2D eigenvalue weighted by atomic mass is 10.0. The van der Waals surface area contributed by atoms with Gasteiger partial charge in [-0.05, 0) is 38.0 Å². The summed E-state index contributed by atoms with van der Waals surface area (Å²) in [4.78, 5) is 11.4. The molecule has 2 atom stereocenters. The Balaban J connectivity index is 3.11. The van der Waals surface area contributed by atoms with Gasteiger partial charge in [-0.15, -0.1) is 0 Å². The Bertz CT molecular complexity index is 501. The van der Waals surface area contributed by atoms with E-state index >= 15 is 0 Å². The number of alkyl halides is 3. The second-order valence-corrected chi connectivity index (χ2v) is 4.88. The molecular formula is C14H19F3N2O2. The third-order valence-corrected chi connectivity index (χ3v) is 2.83. The van der Waals surface area contributed by atoms with Gasteiger partial charge >= 0.3 is 6.18 Å². The highest BCUT2D eigenvalue weighted by molar-refractivity contribution is 5.80. The molecule has 0 radical (unpaired) electrons. The van der Waals surface area contributed by atoms with Crippen LogP contribution in [0.3, 0.4) is 0 Å². The fraction of sp³-hybridized carbons (Fsp3) is 0.500. The van der Waals surface area contributed by atoms with Crippen LogP contribution < -0.4 is 15.8 Å². The van der Waals surface area contributed by atoms with Crippen molar-refractivity contribution < 1.29 is 22.7 Å². The molecule has 1 rings (SSSR count). The van der Waals surface area contributed by atoms with Crippen LogP contribution >= 0.6 is 0 Å². The zero-order valence-corrected chi connectivity index (χ0v) is 12.1. The number of carbonyl (C=O) groups excluding carboxylic acids is 1. The van der Waals surface area contributed by atoms with E-state index in [9.17, 15) is 18.0 Å². The van der Waals surface area contributed by atoms with E-state index in [4.69, 9.17) is 10.5 Å². The van der Waals surface area contributed by atoms with Crippen molar-refractivity contribution in [2.75, 3.05) is 7.05 Å². The summed E-state index contributed by atoms with van der Waals surface area (Å²) in [5, 5.41) is 2.32. The first-order valence-corrected chi connectivity index (χ1v) is 6.49. The van der Waals surface area contributed by atoms with E-state index in [2.05, 4.69) is 5.32 Å². The molecule has 0 aliphatic heterocycles. The Morgan fingerprint density at radius 1 is 1.38 bits per heavy atom. The van der Waals surface area contributed by atoms with Crippen molar-refractivity contribution >= 4 is 5.91 Å². The van der Waals surface area contributed by atoms with Gasteiger partial charge in [0.1, 0.15) is 5.75 Å². The molecule has 3 N–H and O–H groups in total. The van der Waals surface area contributed by atoms with Crippen LogP contribution in [0.4, 0.5) is 13.2 Å². The van der Waals surface area contributed by atoms with E-state index in [-0.39, 0.29) is 11.8 Å². The standard InChI is InChI=1S/C14H19F3N2O2/c1-8(18)6-10-4-5-12(11(7-10)14(15,16)17)21-9(2)13(20)19-3/h4-5,7-9H,6,18H2,1-3H3,(H,19,20). The minimum Gasteiger partial charge on any atom is -0.480 e. The summed E-state index contributed by atoms with van der Waals surface area (Å²) >= 11 is 0. The van der Waals surface area contributed by atoms with E-state index in [1.807, 2.05) is 0 Å². The molecule has 0 fully saturated rings. The molecule has 0 saturated carbocycles. The van der Waals surface area contributed by atoms with Gasteiger partial charge in [0.15, 0.2) is 6.10 Å². The van der Waals surface area contributed by atoms with Crippen molar-refractivity contribution in [2.45, 2.75) is 38.6 Å². The van der Waals surface area contributed by atoms with Crippen LogP contribution in [0.2, 0.25) is 0 Å². The van der Waals surface area contributed by atoms with Gasteiger partial charge in [0.05, 0.1) is 5.56 Å². The number of likely N-dealkylation sites (N-methyl/N-ethyl adjacent to an activating group) is 1. The lowest BCUT2D eigenvalue weighted by molar-refractivity contribution is -0.140. The van der Waals surface area contributed by atoms with Crippen LogP contribution in [-0.2, 0) is 17.4 Å². The van der Waals surface area contributed by atoms with Crippen molar-refractivity contribution in [3.8, 4) is 5.75 Å². The van der Waals surface area contributed by atoms with Gasteiger partial charge in [-0.1, -0.05) is 6.07 Å². The van der Waals surface area contributed by atoms with Gasteiger partial charge in [0, 0.05) is 13.1 Å². The van der Waals surface area contributed by atoms with Crippen molar-refractivity contribution in [2.24, 2.45) is 5.73 Å². The third-order valence-electron chi connectivity index (χ3n) is 2.83. The average molecular weight is 304 g/mol. The van der Waals surface area contributed by atoms with Crippen molar-refractivity contribution in [1.82, 2.24) is 5.32 Å². The molecule has 21 heavy (non-hydrogen) atoms. The molecule has 0 spiro atoms. The van der Waals surface area contributed by atoms with Crippen LogP contribution in [0.15, 0.2) is 18.2 Å². The summed E-state index contributed by atoms with van der Waals surface area (Å²) in [5.74, 6) is -0.866. The summed E-state index contributed by atoms with van der Waals surface area (Å²) in [6.07, 6.45) is -5.25. The number of nitrogens with two attached hydrogens (primary N) is 1. The van der Waals surface area contributed by atoms with E-state index < -0.39 is 23.8 Å². The number of nitrogens with one attached hydrogen (secondary N) is 1. The molecule has 118 valence electrons. The molecule has 1 aromatic carbocycles.